The highest BCUT2D eigenvalue weighted by Gasteiger charge is 2.29. The van der Waals surface area contributed by atoms with Crippen LogP contribution in [-0.4, -0.2) is 41.5 Å². The number of aromatic carboxylic acids is 1. The second kappa shape index (κ2) is 7.46. The summed E-state index contributed by atoms with van der Waals surface area (Å²) in [5, 5.41) is 13.0. The molecule has 2 heterocycles. The van der Waals surface area contributed by atoms with Crippen LogP contribution < -0.4 is 5.32 Å². The number of hydrogen-bond acceptors (Lipinski definition) is 4. The summed E-state index contributed by atoms with van der Waals surface area (Å²) in [6.07, 6.45) is 3.93. The van der Waals surface area contributed by atoms with Crippen LogP contribution in [0.3, 0.4) is 0 Å². The van der Waals surface area contributed by atoms with Gasteiger partial charge in [-0.05, 0) is 49.0 Å². The number of piperidine rings is 1. The third kappa shape index (κ3) is 4.23. The molecule has 1 aromatic heterocycles. The van der Waals surface area contributed by atoms with Gasteiger partial charge in [-0.1, -0.05) is 20.8 Å². The van der Waals surface area contributed by atoms with E-state index in [2.05, 4.69) is 31.0 Å². The van der Waals surface area contributed by atoms with E-state index in [9.17, 15) is 14.7 Å². The molecule has 3 unspecified atom stereocenters. The summed E-state index contributed by atoms with van der Waals surface area (Å²) in [6, 6.07) is 0. The van der Waals surface area contributed by atoms with Crippen molar-refractivity contribution in [2.45, 2.75) is 46.5 Å². The molecule has 1 amide bonds. The van der Waals surface area contributed by atoms with Gasteiger partial charge in [0.15, 0.2) is 0 Å². The van der Waals surface area contributed by atoms with Gasteiger partial charge in [0, 0.05) is 18.0 Å². The largest absolute Gasteiger partial charge is 0.478 e. The molecule has 1 aliphatic heterocycles. The molecule has 2 aliphatic rings. The molecule has 3 atom stereocenters. The van der Waals surface area contributed by atoms with E-state index in [4.69, 9.17) is 0 Å². The number of rotatable bonds is 4. The van der Waals surface area contributed by atoms with Crippen molar-refractivity contribution in [3.05, 3.63) is 16.0 Å². The topological polar surface area (TPSA) is 69.6 Å². The predicted octanol–water partition coefficient (Wildman–Crippen LogP) is 3.49. The van der Waals surface area contributed by atoms with Crippen LogP contribution in [0.5, 0.6) is 0 Å². The number of carbonyl (C=O) groups is 2. The maximum absolute atomic E-state index is 12.5. The fourth-order valence-corrected chi connectivity index (χ4v) is 5.77. The summed E-state index contributed by atoms with van der Waals surface area (Å²) < 4.78 is 0. The standard InChI is InChI=1S/C19H28N2O3S/c1-11-4-5-14-15(7-11)25-18(17(14)19(23)24)20-16(22)10-21-8-12(2)6-13(3)9-21/h11-13H,4-10H2,1-3H3,(H,20,22)(H,23,24). The Morgan fingerprint density at radius 2 is 1.88 bits per heavy atom. The number of carbonyl (C=O) groups excluding carboxylic acids is 1. The lowest BCUT2D eigenvalue weighted by Crippen LogP contribution is -2.42. The Hall–Kier alpha value is -1.40. The number of likely N-dealkylation sites (tertiary alicyclic amines) is 1. The fraction of sp³-hybridized carbons (Fsp3) is 0.684. The van der Waals surface area contributed by atoms with E-state index in [0.29, 0.717) is 34.9 Å². The zero-order chi connectivity index (χ0) is 18.1. The van der Waals surface area contributed by atoms with E-state index in [1.54, 1.807) is 0 Å². The summed E-state index contributed by atoms with van der Waals surface area (Å²) in [6.45, 7) is 8.84. The Balaban J connectivity index is 1.72. The first kappa shape index (κ1) is 18.4. The van der Waals surface area contributed by atoms with Crippen molar-refractivity contribution in [2.75, 3.05) is 25.0 Å². The van der Waals surface area contributed by atoms with Gasteiger partial charge in [0.1, 0.15) is 5.00 Å². The van der Waals surface area contributed by atoms with E-state index in [1.807, 2.05) is 0 Å². The molecule has 25 heavy (non-hydrogen) atoms. The molecule has 0 bridgehead atoms. The second-order valence-electron chi connectivity index (χ2n) is 8.05. The van der Waals surface area contributed by atoms with Crippen LogP contribution in [0, 0.1) is 17.8 Å². The lowest BCUT2D eigenvalue weighted by atomic mass is 9.88. The summed E-state index contributed by atoms with van der Waals surface area (Å²) >= 11 is 1.45. The summed E-state index contributed by atoms with van der Waals surface area (Å²) in [4.78, 5) is 27.6. The summed E-state index contributed by atoms with van der Waals surface area (Å²) in [5.41, 5.74) is 1.26. The van der Waals surface area contributed by atoms with Crippen molar-refractivity contribution >= 4 is 28.2 Å². The highest BCUT2D eigenvalue weighted by molar-refractivity contribution is 7.17. The molecule has 0 radical (unpaired) electrons. The molecule has 1 aromatic rings. The van der Waals surface area contributed by atoms with E-state index in [1.165, 1.54) is 17.8 Å². The zero-order valence-electron chi connectivity index (χ0n) is 15.3. The first-order chi connectivity index (χ1) is 11.8. The number of anilines is 1. The maximum Gasteiger partial charge on any atom is 0.339 e. The molecule has 0 saturated carbocycles. The van der Waals surface area contributed by atoms with Crippen molar-refractivity contribution < 1.29 is 14.7 Å². The minimum atomic E-state index is -0.928. The van der Waals surface area contributed by atoms with Gasteiger partial charge < -0.3 is 10.4 Å². The molecule has 0 spiro atoms. The third-order valence-electron chi connectivity index (χ3n) is 5.29. The molecule has 2 N–H and O–H groups in total. The number of amides is 1. The molecule has 1 saturated heterocycles. The van der Waals surface area contributed by atoms with Gasteiger partial charge in [0.05, 0.1) is 12.1 Å². The highest BCUT2D eigenvalue weighted by atomic mass is 32.1. The number of thiophene rings is 1. The van der Waals surface area contributed by atoms with Crippen LogP contribution in [0.15, 0.2) is 0 Å². The fourth-order valence-electron chi connectivity index (χ4n) is 4.36. The van der Waals surface area contributed by atoms with Crippen LogP contribution in [0.4, 0.5) is 5.00 Å². The predicted molar refractivity (Wildman–Crippen MR) is 100 cm³/mol. The monoisotopic (exact) mass is 364 g/mol. The first-order valence-electron chi connectivity index (χ1n) is 9.23. The van der Waals surface area contributed by atoms with Gasteiger partial charge in [-0.25, -0.2) is 4.79 Å². The summed E-state index contributed by atoms with van der Waals surface area (Å²) in [7, 11) is 0. The van der Waals surface area contributed by atoms with Crippen molar-refractivity contribution in [3.63, 3.8) is 0 Å². The van der Waals surface area contributed by atoms with Crippen LogP contribution in [-0.2, 0) is 17.6 Å². The molecule has 138 valence electrons. The normalized spacial score (nSPS) is 26.9. The minimum absolute atomic E-state index is 0.101. The van der Waals surface area contributed by atoms with Crippen LogP contribution in [0.1, 0.15) is 54.4 Å². The third-order valence-corrected chi connectivity index (χ3v) is 6.46. The van der Waals surface area contributed by atoms with Crippen molar-refractivity contribution in [1.29, 1.82) is 0 Å². The van der Waals surface area contributed by atoms with Gasteiger partial charge in [-0.15, -0.1) is 11.3 Å². The number of hydrogen-bond donors (Lipinski definition) is 2. The van der Waals surface area contributed by atoms with Gasteiger partial charge >= 0.3 is 5.97 Å². The molecule has 5 nitrogen and oxygen atoms in total. The highest BCUT2D eigenvalue weighted by Crippen LogP contribution is 2.39. The van der Waals surface area contributed by atoms with Crippen LogP contribution in [0.2, 0.25) is 0 Å². The van der Waals surface area contributed by atoms with Gasteiger partial charge in [-0.2, -0.15) is 0 Å². The van der Waals surface area contributed by atoms with E-state index >= 15 is 0 Å². The smallest absolute Gasteiger partial charge is 0.339 e. The van der Waals surface area contributed by atoms with Gasteiger partial charge in [0.2, 0.25) is 5.91 Å². The van der Waals surface area contributed by atoms with E-state index < -0.39 is 5.97 Å². The van der Waals surface area contributed by atoms with Crippen molar-refractivity contribution in [3.8, 4) is 0 Å². The molecule has 1 aliphatic carbocycles. The number of nitrogens with one attached hydrogen (secondary N) is 1. The first-order valence-corrected chi connectivity index (χ1v) is 10.0. The molecular formula is C19H28N2O3S. The Bertz CT molecular complexity index is 660. The number of fused-ring (bicyclic) bond motifs is 1. The van der Waals surface area contributed by atoms with Crippen molar-refractivity contribution in [1.82, 2.24) is 4.90 Å². The average Bonchev–Trinajstić information content (AvgIpc) is 2.82. The Labute approximate surface area is 153 Å². The Kier molecular flexibility index (Phi) is 5.49. The average molecular weight is 365 g/mol. The number of carboxylic acid groups (broad SMARTS) is 1. The van der Waals surface area contributed by atoms with Crippen molar-refractivity contribution in [2.24, 2.45) is 17.8 Å². The molecular weight excluding hydrogens is 336 g/mol. The SMILES string of the molecule is CC1CCc2c(sc(NC(=O)CN3CC(C)CC(C)C3)c2C(=O)O)C1. The summed E-state index contributed by atoms with van der Waals surface area (Å²) in [5.74, 6) is 0.744. The Morgan fingerprint density at radius 3 is 2.52 bits per heavy atom. The zero-order valence-corrected chi connectivity index (χ0v) is 16.1. The molecule has 1 fully saturated rings. The molecule has 6 heteroatoms. The number of carboxylic acids is 1. The second-order valence-corrected chi connectivity index (χ2v) is 9.15. The van der Waals surface area contributed by atoms with Gasteiger partial charge in [0.25, 0.3) is 0 Å². The van der Waals surface area contributed by atoms with Crippen LogP contribution in [0.25, 0.3) is 0 Å². The van der Waals surface area contributed by atoms with E-state index in [-0.39, 0.29) is 5.91 Å². The Morgan fingerprint density at radius 1 is 1.20 bits per heavy atom. The van der Waals surface area contributed by atoms with Gasteiger partial charge in [-0.3, -0.25) is 9.69 Å². The lowest BCUT2D eigenvalue weighted by molar-refractivity contribution is -0.117. The minimum Gasteiger partial charge on any atom is -0.478 e. The lowest BCUT2D eigenvalue weighted by Gasteiger charge is -2.34. The van der Waals surface area contributed by atoms with Crippen LogP contribution >= 0.6 is 11.3 Å². The number of nitrogens with zero attached hydrogens (tertiary/aromatic N) is 1. The maximum atomic E-state index is 12.5. The quantitative estimate of drug-likeness (QED) is 0.858. The van der Waals surface area contributed by atoms with E-state index in [0.717, 1.165) is 42.8 Å². The molecule has 3 rings (SSSR count). The molecule has 0 aromatic carbocycles.